The maximum absolute atomic E-state index is 13.1. The number of carbonyl (C=O) groups excluding carboxylic acids is 1. The Kier molecular flexibility index (Phi) is 6.76. The van der Waals surface area contributed by atoms with Gasteiger partial charge in [-0.3, -0.25) is 9.52 Å². The fourth-order valence-corrected chi connectivity index (χ4v) is 4.87. The number of anilines is 1. The van der Waals surface area contributed by atoms with Gasteiger partial charge in [0.2, 0.25) is 5.91 Å². The first-order chi connectivity index (χ1) is 15.8. The number of hydrogen-bond acceptors (Lipinski definition) is 4. The van der Waals surface area contributed by atoms with Gasteiger partial charge in [-0.15, -0.1) is 0 Å². The lowest BCUT2D eigenvalue weighted by Gasteiger charge is -2.37. The Bertz CT molecular complexity index is 1200. The van der Waals surface area contributed by atoms with Crippen molar-refractivity contribution in [1.29, 1.82) is 0 Å². The molecule has 1 fully saturated rings. The van der Waals surface area contributed by atoms with Crippen LogP contribution in [-0.2, 0) is 26.0 Å². The Balaban J connectivity index is 1.39. The molecule has 4 rings (SSSR count). The molecule has 3 aromatic rings. The van der Waals surface area contributed by atoms with Crippen LogP contribution in [-0.4, -0.2) is 38.4 Å². The third-order valence-electron chi connectivity index (χ3n) is 5.47. The van der Waals surface area contributed by atoms with Gasteiger partial charge in [0.25, 0.3) is 10.0 Å². The zero-order valence-electron chi connectivity index (χ0n) is 18.1. The molecule has 1 N–H and O–H groups in total. The molecule has 1 amide bonds. The number of rotatable bonds is 6. The van der Waals surface area contributed by atoms with Crippen LogP contribution in [0.2, 0.25) is 0 Å². The summed E-state index contributed by atoms with van der Waals surface area (Å²) in [5.74, 6) is -0.515. The molecule has 0 aliphatic carbocycles. The summed E-state index contributed by atoms with van der Waals surface area (Å²) in [7, 11) is -3.83. The highest BCUT2D eigenvalue weighted by Gasteiger charge is 2.29. The second kappa shape index (κ2) is 9.72. The van der Waals surface area contributed by atoms with Crippen molar-refractivity contribution in [2.45, 2.75) is 30.4 Å². The van der Waals surface area contributed by atoms with Crippen molar-refractivity contribution in [2.24, 2.45) is 0 Å². The van der Waals surface area contributed by atoms with E-state index in [-0.39, 0.29) is 29.4 Å². The topological polar surface area (TPSA) is 75.7 Å². The van der Waals surface area contributed by atoms with Gasteiger partial charge in [-0.05, 0) is 54.4 Å². The molecule has 8 heteroatoms. The van der Waals surface area contributed by atoms with Crippen LogP contribution in [0.4, 0.5) is 10.1 Å². The summed E-state index contributed by atoms with van der Waals surface area (Å²) in [5, 5.41) is 0. The maximum Gasteiger partial charge on any atom is 0.261 e. The van der Waals surface area contributed by atoms with Crippen LogP contribution >= 0.6 is 0 Å². The van der Waals surface area contributed by atoms with Crippen molar-refractivity contribution in [2.75, 3.05) is 17.8 Å². The Morgan fingerprint density at radius 2 is 1.67 bits per heavy atom. The first-order valence-corrected chi connectivity index (χ1v) is 12.1. The van der Waals surface area contributed by atoms with Gasteiger partial charge in [0.15, 0.2) is 0 Å². The summed E-state index contributed by atoms with van der Waals surface area (Å²) >= 11 is 0. The summed E-state index contributed by atoms with van der Waals surface area (Å²) < 4.78 is 46.5. The molecule has 1 heterocycles. The molecule has 2 unspecified atom stereocenters. The summed E-state index contributed by atoms with van der Waals surface area (Å²) in [4.78, 5) is 14.7. The van der Waals surface area contributed by atoms with E-state index in [4.69, 9.17) is 4.74 Å². The van der Waals surface area contributed by atoms with Gasteiger partial charge < -0.3 is 9.64 Å². The molecule has 0 saturated carbocycles. The molecule has 1 saturated heterocycles. The van der Waals surface area contributed by atoms with Crippen LogP contribution in [0.25, 0.3) is 0 Å². The van der Waals surface area contributed by atoms with E-state index in [9.17, 15) is 17.6 Å². The van der Waals surface area contributed by atoms with E-state index in [1.807, 2.05) is 42.2 Å². The minimum absolute atomic E-state index is 0.00859. The van der Waals surface area contributed by atoms with Crippen molar-refractivity contribution >= 4 is 21.6 Å². The van der Waals surface area contributed by atoms with E-state index >= 15 is 0 Å². The normalized spacial score (nSPS) is 18.7. The van der Waals surface area contributed by atoms with E-state index in [1.54, 1.807) is 24.3 Å². The number of morpholine rings is 1. The van der Waals surface area contributed by atoms with Gasteiger partial charge in [-0.25, -0.2) is 12.8 Å². The standard InChI is InChI=1S/C25H25FN2O4S/c1-18-16-28(17-24(32-18)20-5-3-2-4-6-20)25(29)15-19-7-11-22(12-8-19)27-33(30,31)23-13-9-21(26)10-14-23/h2-14,18,24,27H,15-17H2,1H3. The number of amides is 1. The number of sulfonamides is 1. The highest BCUT2D eigenvalue weighted by atomic mass is 32.2. The Hall–Kier alpha value is -3.23. The monoisotopic (exact) mass is 468 g/mol. The first kappa shape index (κ1) is 22.9. The van der Waals surface area contributed by atoms with Crippen molar-refractivity contribution in [1.82, 2.24) is 4.90 Å². The Labute approximate surface area is 193 Å². The van der Waals surface area contributed by atoms with Crippen LogP contribution in [0.5, 0.6) is 0 Å². The Morgan fingerprint density at radius 3 is 2.33 bits per heavy atom. The van der Waals surface area contributed by atoms with Crippen LogP contribution in [0.3, 0.4) is 0 Å². The predicted molar refractivity (Wildman–Crippen MR) is 124 cm³/mol. The number of halogens is 1. The zero-order chi connectivity index (χ0) is 23.4. The molecule has 0 radical (unpaired) electrons. The Morgan fingerprint density at radius 1 is 1.00 bits per heavy atom. The van der Waals surface area contributed by atoms with E-state index in [0.717, 1.165) is 23.3 Å². The average molecular weight is 469 g/mol. The van der Waals surface area contributed by atoms with E-state index in [1.165, 1.54) is 12.1 Å². The van der Waals surface area contributed by atoms with Crippen molar-refractivity contribution in [3.05, 3.63) is 95.8 Å². The number of nitrogens with zero attached hydrogens (tertiary/aromatic N) is 1. The predicted octanol–water partition coefficient (Wildman–Crippen LogP) is 4.16. The van der Waals surface area contributed by atoms with Crippen LogP contribution in [0, 0.1) is 5.82 Å². The third kappa shape index (κ3) is 5.77. The van der Waals surface area contributed by atoms with Crippen LogP contribution in [0.15, 0.2) is 83.8 Å². The number of hydrogen-bond donors (Lipinski definition) is 1. The lowest BCUT2D eigenvalue weighted by molar-refractivity contribution is -0.144. The van der Waals surface area contributed by atoms with Crippen LogP contribution in [0.1, 0.15) is 24.2 Å². The molecular formula is C25H25FN2O4S. The number of benzene rings is 3. The average Bonchev–Trinajstić information content (AvgIpc) is 2.80. The highest BCUT2D eigenvalue weighted by Crippen LogP contribution is 2.26. The minimum Gasteiger partial charge on any atom is -0.367 e. The molecular weight excluding hydrogens is 443 g/mol. The van der Waals surface area contributed by atoms with Crippen molar-refractivity contribution in [3.8, 4) is 0 Å². The maximum atomic E-state index is 13.1. The highest BCUT2D eigenvalue weighted by molar-refractivity contribution is 7.92. The summed E-state index contributed by atoms with van der Waals surface area (Å²) in [6, 6.07) is 21.1. The smallest absolute Gasteiger partial charge is 0.261 e. The second-order valence-electron chi connectivity index (χ2n) is 8.08. The molecule has 0 bridgehead atoms. The fourth-order valence-electron chi connectivity index (χ4n) is 3.81. The molecule has 1 aliphatic heterocycles. The molecule has 172 valence electrons. The summed E-state index contributed by atoms with van der Waals surface area (Å²) in [5.41, 5.74) is 2.18. The number of nitrogens with one attached hydrogen (secondary N) is 1. The van der Waals surface area contributed by atoms with Crippen LogP contribution < -0.4 is 4.72 Å². The fraction of sp³-hybridized carbons (Fsp3) is 0.240. The molecule has 1 aliphatic rings. The van der Waals surface area contributed by atoms with Crippen molar-refractivity contribution < 1.29 is 22.3 Å². The van der Waals surface area contributed by atoms with Gasteiger partial charge in [0.1, 0.15) is 11.9 Å². The second-order valence-corrected chi connectivity index (χ2v) is 9.76. The van der Waals surface area contributed by atoms with Gasteiger partial charge in [0.05, 0.1) is 24.0 Å². The largest absolute Gasteiger partial charge is 0.367 e. The molecule has 33 heavy (non-hydrogen) atoms. The molecule has 2 atom stereocenters. The molecule has 0 spiro atoms. The molecule has 3 aromatic carbocycles. The van der Waals surface area contributed by atoms with Gasteiger partial charge >= 0.3 is 0 Å². The van der Waals surface area contributed by atoms with Gasteiger partial charge in [-0.1, -0.05) is 42.5 Å². The van der Waals surface area contributed by atoms with E-state index in [0.29, 0.717) is 18.8 Å². The quantitative estimate of drug-likeness (QED) is 0.590. The summed E-state index contributed by atoms with van der Waals surface area (Å²) in [6.45, 7) is 2.97. The van der Waals surface area contributed by atoms with E-state index < -0.39 is 15.8 Å². The number of carbonyl (C=O) groups is 1. The third-order valence-corrected chi connectivity index (χ3v) is 6.87. The summed E-state index contributed by atoms with van der Waals surface area (Å²) in [6.07, 6.45) is -0.0301. The van der Waals surface area contributed by atoms with Gasteiger partial charge in [-0.2, -0.15) is 0 Å². The van der Waals surface area contributed by atoms with Crippen molar-refractivity contribution in [3.63, 3.8) is 0 Å². The lowest BCUT2D eigenvalue weighted by Crippen LogP contribution is -2.46. The number of ether oxygens (including phenoxy) is 1. The zero-order valence-corrected chi connectivity index (χ0v) is 19.0. The van der Waals surface area contributed by atoms with E-state index in [2.05, 4.69) is 4.72 Å². The first-order valence-electron chi connectivity index (χ1n) is 10.7. The lowest BCUT2D eigenvalue weighted by atomic mass is 10.1. The minimum atomic E-state index is -3.83. The molecule has 6 nitrogen and oxygen atoms in total. The molecule has 0 aromatic heterocycles. The van der Waals surface area contributed by atoms with Gasteiger partial charge in [0, 0.05) is 12.2 Å². The SMILES string of the molecule is CC1CN(C(=O)Cc2ccc(NS(=O)(=O)c3ccc(F)cc3)cc2)CC(c2ccccc2)O1.